The van der Waals surface area contributed by atoms with E-state index in [-0.39, 0.29) is 11.9 Å². The standard InChI is InChI=1S/C13H19ClN2OS/c1-9-3-2-7-15-12(9)13(17)16-8-6-10-4-5-11(14)18-10/h4-5,9,12,15H,2-3,6-8H2,1H3,(H,16,17). The van der Waals surface area contributed by atoms with E-state index in [9.17, 15) is 4.79 Å². The Kier molecular flexibility index (Phi) is 5.03. The van der Waals surface area contributed by atoms with Gasteiger partial charge in [0.2, 0.25) is 5.91 Å². The van der Waals surface area contributed by atoms with Gasteiger partial charge in [0.15, 0.2) is 0 Å². The van der Waals surface area contributed by atoms with Crippen LogP contribution < -0.4 is 10.6 Å². The number of halogens is 1. The van der Waals surface area contributed by atoms with Crippen LogP contribution in [-0.2, 0) is 11.2 Å². The molecule has 100 valence electrons. The third kappa shape index (κ3) is 3.70. The van der Waals surface area contributed by atoms with Crippen LogP contribution in [0.3, 0.4) is 0 Å². The summed E-state index contributed by atoms with van der Waals surface area (Å²) in [5.41, 5.74) is 0. The van der Waals surface area contributed by atoms with Gasteiger partial charge in [0.1, 0.15) is 0 Å². The van der Waals surface area contributed by atoms with E-state index in [1.54, 1.807) is 11.3 Å². The van der Waals surface area contributed by atoms with Crippen LogP contribution in [0.1, 0.15) is 24.6 Å². The van der Waals surface area contributed by atoms with Crippen LogP contribution in [0, 0.1) is 5.92 Å². The zero-order valence-electron chi connectivity index (χ0n) is 10.5. The summed E-state index contributed by atoms with van der Waals surface area (Å²) in [4.78, 5) is 13.2. The van der Waals surface area contributed by atoms with E-state index in [2.05, 4.69) is 17.6 Å². The minimum absolute atomic E-state index is 0.0225. The van der Waals surface area contributed by atoms with E-state index in [4.69, 9.17) is 11.6 Å². The Balaban J connectivity index is 1.74. The van der Waals surface area contributed by atoms with Gasteiger partial charge < -0.3 is 10.6 Å². The molecule has 2 N–H and O–H groups in total. The Hall–Kier alpha value is -0.580. The normalized spacial score (nSPS) is 23.9. The van der Waals surface area contributed by atoms with Gasteiger partial charge in [0, 0.05) is 11.4 Å². The molecule has 1 aliphatic heterocycles. The lowest BCUT2D eigenvalue weighted by atomic mass is 9.92. The van der Waals surface area contributed by atoms with E-state index in [1.807, 2.05) is 12.1 Å². The smallest absolute Gasteiger partial charge is 0.237 e. The zero-order valence-corrected chi connectivity index (χ0v) is 12.1. The molecule has 18 heavy (non-hydrogen) atoms. The lowest BCUT2D eigenvalue weighted by Gasteiger charge is -2.28. The highest BCUT2D eigenvalue weighted by Gasteiger charge is 2.26. The van der Waals surface area contributed by atoms with Crippen molar-refractivity contribution in [2.75, 3.05) is 13.1 Å². The number of carbonyl (C=O) groups excluding carboxylic acids is 1. The highest BCUT2D eigenvalue weighted by molar-refractivity contribution is 7.16. The van der Waals surface area contributed by atoms with Crippen LogP contribution in [0.2, 0.25) is 4.34 Å². The number of nitrogens with one attached hydrogen (secondary N) is 2. The van der Waals surface area contributed by atoms with Gasteiger partial charge in [-0.05, 0) is 43.9 Å². The van der Waals surface area contributed by atoms with Gasteiger partial charge in [-0.1, -0.05) is 18.5 Å². The molecule has 1 aromatic heterocycles. The molecule has 0 radical (unpaired) electrons. The Morgan fingerprint density at radius 2 is 2.44 bits per heavy atom. The quantitative estimate of drug-likeness (QED) is 0.893. The van der Waals surface area contributed by atoms with Gasteiger partial charge in [-0.2, -0.15) is 0 Å². The molecule has 3 nitrogen and oxygen atoms in total. The van der Waals surface area contributed by atoms with Crippen LogP contribution in [0.15, 0.2) is 12.1 Å². The lowest BCUT2D eigenvalue weighted by Crippen LogP contribution is -2.51. The van der Waals surface area contributed by atoms with Crippen molar-refractivity contribution >= 4 is 28.8 Å². The van der Waals surface area contributed by atoms with Crippen molar-refractivity contribution in [3.8, 4) is 0 Å². The molecule has 0 aromatic carbocycles. The number of piperidine rings is 1. The molecule has 2 heterocycles. The van der Waals surface area contributed by atoms with Gasteiger partial charge >= 0.3 is 0 Å². The molecule has 1 amide bonds. The first-order valence-corrected chi connectivity index (χ1v) is 7.61. The van der Waals surface area contributed by atoms with Crippen molar-refractivity contribution in [3.05, 3.63) is 21.3 Å². The molecule has 1 aromatic rings. The van der Waals surface area contributed by atoms with Crippen LogP contribution in [-0.4, -0.2) is 25.0 Å². The molecule has 1 aliphatic rings. The second-order valence-corrected chi connectivity index (χ2v) is 6.60. The first-order chi connectivity index (χ1) is 8.66. The summed E-state index contributed by atoms with van der Waals surface area (Å²) in [7, 11) is 0. The van der Waals surface area contributed by atoms with E-state index >= 15 is 0 Å². The van der Waals surface area contributed by atoms with E-state index < -0.39 is 0 Å². The molecule has 2 unspecified atom stereocenters. The van der Waals surface area contributed by atoms with Crippen LogP contribution in [0.4, 0.5) is 0 Å². The second kappa shape index (κ2) is 6.55. The molecule has 2 atom stereocenters. The number of amides is 1. The monoisotopic (exact) mass is 286 g/mol. The van der Waals surface area contributed by atoms with Gasteiger partial charge in [-0.25, -0.2) is 0 Å². The number of rotatable bonds is 4. The summed E-state index contributed by atoms with van der Waals surface area (Å²) >= 11 is 7.44. The minimum atomic E-state index is -0.0225. The molecule has 0 spiro atoms. The van der Waals surface area contributed by atoms with Crippen molar-refractivity contribution < 1.29 is 4.79 Å². The van der Waals surface area contributed by atoms with Gasteiger partial charge in [0.05, 0.1) is 10.4 Å². The highest BCUT2D eigenvalue weighted by atomic mass is 35.5. The molecule has 5 heteroatoms. The number of hydrogen-bond donors (Lipinski definition) is 2. The highest BCUT2D eigenvalue weighted by Crippen LogP contribution is 2.21. The predicted molar refractivity (Wildman–Crippen MR) is 76.2 cm³/mol. The summed E-state index contributed by atoms with van der Waals surface area (Å²) in [6.07, 6.45) is 3.15. The molecular weight excluding hydrogens is 268 g/mol. The molecule has 0 saturated carbocycles. The average Bonchev–Trinajstić information content (AvgIpc) is 2.75. The third-order valence-corrected chi connectivity index (χ3v) is 4.64. The van der Waals surface area contributed by atoms with Crippen molar-refractivity contribution in [2.24, 2.45) is 5.92 Å². The number of carbonyl (C=O) groups is 1. The summed E-state index contributed by atoms with van der Waals surface area (Å²) in [5, 5.41) is 6.29. The Bertz CT molecular complexity index is 407. The van der Waals surface area contributed by atoms with Crippen LogP contribution >= 0.6 is 22.9 Å². The number of thiophene rings is 1. The van der Waals surface area contributed by atoms with Gasteiger partial charge in [-0.15, -0.1) is 11.3 Å². The second-order valence-electron chi connectivity index (χ2n) is 4.80. The van der Waals surface area contributed by atoms with Crippen molar-refractivity contribution in [2.45, 2.75) is 32.2 Å². The summed E-state index contributed by atoms with van der Waals surface area (Å²) in [6.45, 7) is 3.76. The maximum absolute atomic E-state index is 12.0. The molecule has 0 aliphatic carbocycles. The molecule has 0 bridgehead atoms. The van der Waals surface area contributed by atoms with Crippen molar-refractivity contribution in [1.82, 2.24) is 10.6 Å². The van der Waals surface area contributed by atoms with E-state index in [0.29, 0.717) is 12.5 Å². The van der Waals surface area contributed by atoms with E-state index in [0.717, 1.165) is 23.7 Å². The third-order valence-electron chi connectivity index (χ3n) is 3.35. The largest absolute Gasteiger partial charge is 0.354 e. The zero-order chi connectivity index (χ0) is 13.0. The fourth-order valence-corrected chi connectivity index (χ4v) is 3.39. The lowest BCUT2D eigenvalue weighted by molar-refractivity contribution is -0.124. The van der Waals surface area contributed by atoms with Crippen LogP contribution in [0.5, 0.6) is 0 Å². The van der Waals surface area contributed by atoms with Crippen molar-refractivity contribution in [1.29, 1.82) is 0 Å². The summed E-state index contributed by atoms with van der Waals surface area (Å²) in [6, 6.07) is 3.89. The average molecular weight is 287 g/mol. The number of hydrogen-bond acceptors (Lipinski definition) is 3. The maximum atomic E-state index is 12.0. The Morgan fingerprint density at radius 1 is 1.61 bits per heavy atom. The molecular formula is C13H19ClN2OS. The first kappa shape index (κ1) is 13.8. The fraction of sp³-hybridized carbons (Fsp3) is 0.615. The molecule has 2 rings (SSSR count). The predicted octanol–water partition coefficient (Wildman–Crippen LogP) is 2.45. The van der Waals surface area contributed by atoms with Crippen molar-refractivity contribution in [3.63, 3.8) is 0 Å². The molecule has 1 saturated heterocycles. The van der Waals surface area contributed by atoms with Gasteiger partial charge in [-0.3, -0.25) is 4.79 Å². The Morgan fingerprint density at radius 3 is 3.11 bits per heavy atom. The Labute approximate surface area is 117 Å². The SMILES string of the molecule is CC1CCCNC1C(=O)NCCc1ccc(Cl)s1. The maximum Gasteiger partial charge on any atom is 0.237 e. The molecule has 1 fully saturated rings. The summed E-state index contributed by atoms with van der Waals surface area (Å²) < 4.78 is 0.805. The van der Waals surface area contributed by atoms with Gasteiger partial charge in [0.25, 0.3) is 0 Å². The van der Waals surface area contributed by atoms with Crippen LogP contribution in [0.25, 0.3) is 0 Å². The topological polar surface area (TPSA) is 41.1 Å². The van der Waals surface area contributed by atoms with E-state index in [1.165, 1.54) is 11.3 Å². The fourth-order valence-electron chi connectivity index (χ4n) is 2.31. The summed E-state index contributed by atoms with van der Waals surface area (Å²) in [5.74, 6) is 0.555. The first-order valence-electron chi connectivity index (χ1n) is 6.42. The minimum Gasteiger partial charge on any atom is -0.354 e.